The molecule has 22 heteroatoms. The first-order chi connectivity index (χ1) is 35.0. The van der Waals surface area contributed by atoms with Gasteiger partial charge in [-0.05, 0) is 94.8 Å². The Kier molecular flexibility index (Phi) is 14.0. The van der Waals surface area contributed by atoms with E-state index in [-0.39, 0.29) is 34.3 Å². The topological polar surface area (TPSA) is 256 Å². The lowest BCUT2D eigenvalue weighted by molar-refractivity contribution is -0.147. The number of carboxylic acids is 1. The van der Waals surface area contributed by atoms with E-state index in [9.17, 15) is 41.1 Å². The first kappa shape index (κ1) is 50.5. The number of nitrogens with zero attached hydrogens (tertiary/aromatic N) is 4. The van der Waals surface area contributed by atoms with Crippen LogP contribution in [0.1, 0.15) is 47.5 Å². The summed E-state index contributed by atoms with van der Waals surface area (Å²) in [6.45, 7) is -0.881. The van der Waals surface area contributed by atoms with Crippen LogP contribution in [0.4, 0.5) is 0 Å². The van der Waals surface area contributed by atoms with Crippen LogP contribution in [-0.2, 0) is 47.5 Å². The summed E-state index contributed by atoms with van der Waals surface area (Å²) in [5, 5.41) is 18.7. The number of benzene rings is 6. The van der Waals surface area contributed by atoms with Crippen LogP contribution < -0.4 is 11.5 Å². The van der Waals surface area contributed by atoms with Crippen molar-refractivity contribution in [2.45, 2.75) is 58.6 Å². The number of sulfonamides is 2. The van der Waals surface area contributed by atoms with Crippen molar-refractivity contribution in [3.8, 4) is 22.3 Å². The van der Waals surface area contributed by atoms with Crippen LogP contribution in [-0.4, -0.2) is 81.0 Å². The summed E-state index contributed by atoms with van der Waals surface area (Å²) in [6, 6.07) is 44.7. The maximum Gasteiger partial charge on any atom is 0.438 e. The summed E-state index contributed by atoms with van der Waals surface area (Å²) in [6.07, 6.45) is 0.268. The smallest absolute Gasteiger partial charge is 0.438 e. The summed E-state index contributed by atoms with van der Waals surface area (Å²) < 4.78 is 72.1. The lowest BCUT2D eigenvalue weighted by Crippen LogP contribution is -2.48. The summed E-state index contributed by atoms with van der Waals surface area (Å²) >= 11 is 11.9. The quantitative estimate of drug-likeness (QED) is 0.0779. The van der Waals surface area contributed by atoms with Crippen molar-refractivity contribution in [2.24, 2.45) is 0 Å². The zero-order valence-corrected chi connectivity index (χ0v) is 41.4. The molecular weight excluding hydrogens is 1020 g/mol. The average molecular weight is 1070 g/mol. The van der Waals surface area contributed by atoms with Gasteiger partial charge in [0.25, 0.3) is 0 Å². The van der Waals surface area contributed by atoms with E-state index in [4.69, 9.17) is 27.9 Å². The number of aromatic nitrogens is 4. The number of methoxy groups -OCH3 is 1. The zero-order valence-electron chi connectivity index (χ0n) is 38.3. The fourth-order valence-corrected chi connectivity index (χ4v) is 12.8. The van der Waals surface area contributed by atoms with Crippen LogP contribution in [0.25, 0.3) is 22.3 Å². The molecule has 0 spiro atoms. The molecule has 2 aliphatic carbocycles. The summed E-state index contributed by atoms with van der Waals surface area (Å²) in [5.74, 6) is -4.86. The van der Waals surface area contributed by atoms with Gasteiger partial charge >= 0.3 is 23.5 Å². The third kappa shape index (κ3) is 10.0. The van der Waals surface area contributed by atoms with Crippen molar-refractivity contribution in [3.05, 3.63) is 212 Å². The Morgan fingerprint density at radius 3 is 1.27 bits per heavy atom. The van der Waals surface area contributed by atoms with Gasteiger partial charge in [-0.1, -0.05) is 143 Å². The second kappa shape index (κ2) is 20.2. The molecule has 0 amide bonds. The highest BCUT2D eigenvalue weighted by Gasteiger charge is 2.69. The van der Waals surface area contributed by atoms with E-state index in [1.54, 1.807) is 78.9 Å². The van der Waals surface area contributed by atoms with E-state index in [2.05, 4.69) is 29.3 Å². The number of H-pyrrole nitrogens is 2. The zero-order chi connectivity index (χ0) is 51.7. The van der Waals surface area contributed by atoms with Crippen LogP contribution in [0.15, 0.2) is 186 Å². The number of nitrogens with one attached hydrogen (secondary N) is 2. The first-order valence-corrected chi connectivity index (χ1v) is 25.9. The van der Waals surface area contributed by atoms with E-state index in [0.717, 1.165) is 36.4 Å². The maximum absolute atomic E-state index is 14.1. The fourth-order valence-electron chi connectivity index (χ4n) is 9.05. The largest absolute Gasteiger partial charge is 0.480 e. The van der Waals surface area contributed by atoms with Crippen LogP contribution in [0.3, 0.4) is 0 Å². The van der Waals surface area contributed by atoms with Gasteiger partial charge in [0, 0.05) is 21.9 Å². The molecule has 0 bridgehead atoms. The molecule has 2 heterocycles. The number of aromatic amines is 2. The maximum atomic E-state index is 14.1. The number of esters is 1. The minimum atomic E-state index is -4.35. The van der Waals surface area contributed by atoms with Crippen LogP contribution >= 0.6 is 23.2 Å². The number of hydrogen-bond donors (Lipinski definition) is 3. The Hall–Kier alpha value is -7.46. The van der Waals surface area contributed by atoms with Crippen molar-refractivity contribution in [2.75, 3.05) is 7.11 Å². The van der Waals surface area contributed by atoms with Gasteiger partial charge in [0.15, 0.2) is 11.6 Å². The van der Waals surface area contributed by atoms with Gasteiger partial charge in [-0.25, -0.2) is 31.2 Å². The third-order valence-electron chi connectivity index (χ3n) is 12.9. The summed E-state index contributed by atoms with van der Waals surface area (Å²) in [4.78, 5) is 53.5. The number of carboxylic acid groups (broad SMARTS) is 1. The minimum Gasteiger partial charge on any atom is -0.480 e. The molecule has 3 N–H and O–H groups in total. The predicted octanol–water partition coefficient (Wildman–Crippen LogP) is 7.86. The van der Waals surface area contributed by atoms with Gasteiger partial charge in [0.1, 0.15) is 11.1 Å². The van der Waals surface area contributed by atoms with Crippen LogP contribution in [0, 0.1) is 0 Å². The van der Waals surface area contributed by atoms with Gasteiger partial charge in [0.2, 0.25) is 20.0 Å². The Bertz CT molecular complexity index is 3630. The molecule has 2 saturated carbocycles. The van der Waals surface area contributed by atoms with Crippen LogP contribution in [0.5, 0.6) is 0 Å². The van der Waals surface area contributed by atoms with E-state index < -0.39 is 79.5 Å². The molecule has 374 valence electrons. The van der Waals surface area contributed by atoms with E-state index in [1.807, 2.05) is 54.6 Å². The van der Waals surface area contributed by atoms with Gasteiger partial charge in [-0.2, -0.15) is 8.61 Å². The van der Waals surface area contributed by atoms with Crippen molar-refractivity contribution >= 4 is 55.2 Å². The van der Waals surface area contributed by atoms with E-state index in [0.29, 0.717) is 15.6 Å². The number of rotatable bonds is 16. The lowest BCUT2D eigenvalue weighted by Gasteiger charge is -2.29. The van der Waals surface area contributed by atoms with Gasteiger partial charge in [0.05, 0.1) is 30.0 Å². The van der Waals surface area contributed by atoms with Crippen molar-refractivity contribution in [1.82, 2.24) is 28.9 Å². The highest BCUT2D eigenvalue weighted by atomic mass is 35.5. The number of carbonyl (C=O) groups is 2. The molecule has 8 aromatic rings. The monoisotopic (exact) mass is 1060 g/mol. The number of hydrogen-bond acceptors (Lipinski definition) is 13. The van der Waals surface area contributed by atoms with E-state index in [1.165, 1.54) is 31.4 Å². The number of ether oxygens (including phenoxy) is 1. The Labute approximate surface area is 426 Å². The highest BCUT2D eigenvalue weighted by Crippen LogP contribution is 2.59. The molecule has 4 atom stereocenters. The SMILES string of the molecule is COC(=O)C1(N(Cc2noc(=O)[nH]2)S(=O)(=O)c2ccc(-c3ccc(Cl)cc3)cc2)CC1c1ccccc1.O=C(O)C1(N(Cc2noc(=O)[nH]2)S(=O)(=O)c2ccc(-c3ccc(Cl)cc3)cc2)CC1c1ccccc1. The van der Waals surface area contributed by atoms with E-state index >= 15 is 0 Å². The minimum absolute atomic E-state index is 0.0296. The molecule has 10 rings (SSSR count). The fraction of sp³-hybridized carbons (Fsp3) is 0.176. The average Bonchev–Trinajstić information content (AvgIpc) is 4.24. The predicted molar refractivity (Wildman–Crippen MR) is 266 cm³/mol. The summed E-state index contributed by atoms with van der Waals surface area (Å²) in [7, 11) is -7.41. The third-order valence-corrected chi connectivity index (χ3v) is 17.2. The molecule has 2 fully saturated rings. The molecule has 73 heavy (non-hydrogen) atoms. The number of carbonyl (C=O) groups excluding carboxylic acids is 1. The van der Waals surface area contributed by atoms with Crippen molar-refractivity contribution < 1.29 is 45.3 Å². The molecule has 2 aliphatic rings. The molecular formula is C51H42Cl2N6O12S2. The highest BCUT2D eigenvalue weighted by molar-refractivity contribution is 7.89. The molecule has 0 radical (unpaired) electrons. The molecule has 18 nitrogen and oxygen atoms in total. The molecule has 0 saturated heterocycles. The molecule has 2 aromatic heterocycles. The second-order valence-electron chi connectivity index (χ2n) is 17.1. The van der Waals surface area contributed by atoms with Crippen molar-refractivity contribution in [3.63, 3.8) is 0 Å². The normalized spacial score (nSPS) is 19.2. The van der Waals surface area contributed by atoms with Gasteiger partial charge in [-0.3, -0.25) is 23.8 Å². The Balaban J connectivity index is 0.000000180. The number of halogens is 2. The van der Waals surface area contributed by atoms with Gasteiger partial charge in [-0.15, -0.1) is 0 Å². The lowest BCUT2D eigenvalue weighted by atomic mass is 10.1. The Morgan fingerprint density at radius 1 is 0.589 bits per heavy atom. The standard InChI is InChI=1S/C26H22ClN3O6S.C25H20ClN3O6S/c1-35-24(31)26(15-22(26)19-5-3-2-4-6-19)30(16-23-28-25(32)36-29-23)37(33,34)21-13-9-18(10-14-21)17-7-11-20(27)12-8-17;26-19-10-6-16(7-11-19)17-8-12-20(13-9-17)36(33,34)29(15-22-27-24(32)35-28-22)25(23(30)31)14-21(25)18-4-2-1-3-5-18/h2-14,22H,15-16H2,1H3,(H,28,29,32);1-13,21H,14-15H2,(H,30,31)(H,27,28,32). The second-order valence-corrected chi connectivity index (χ2v) is 21.7. The molecule has 0 aliphatic heterocycles. The van der Waals surface area contributed by atoms with Gasteiger partial charge < -0.3 is 9.84 Å². The van der Waals surface area contributed by atoms with Crippen LogP contribution in [0.2, 0.25) is 10.0 Å². The molecule has 6 aromatic carbocycles. The summed E-state index contributed by atoms with van der Waals surface area (Å²) in [5.41, 5.74) is 1.46. The molecule has 4 unspecified atom stereocenters. The van der Waals surface area contributed by atoms with Crippen molar-refractivity contribution in [1.29, 1.82) is 0 Å². The number of aliphatic carboxylic acids is 1. The first-order valence-electron chi connectivity index (χ1n) is 22.3. The Morgan fingerprint density at radius 2 is 0.932 bits per heavy atom.